The number of hydrogen-bond acceptors (Lipinski definition) is 4. The average Bonchev–Trinajstić information content (AvgIpc) is 2.25. The van der Waals surface area contributed by atoms with Crippen LogP contribution in [0.5, 0.6) is 0 Å². The van der Waals surface area contributed by atoms with Gasteiger partial charge in [-0.1, -0.05) is 0 Å². The smallest absolute Gasteiger partial charge is 0.306 e. The van der Waals surface area contributed by atoms with E-state index in [0.717, 1.165) is 0 Å². The third-order valence-electron chi connectivity index (χ3n) is 3.20. The highest BCUT2D eigenvalue weighted by Crippen LogP contribution is 2.31. The van der Waals surface area contributed by atoms with Gasteiger partial charge in [0.15, 0.2) is 0 Å². The number of carboxylic acids is 1. The number of carboxylic acid groups (broad SMARTS) is 1. The fourth-order valence-corrected chi connectivity index (χ4v) is 2.07. The summed E-state index contributed by atoms with van der Waals surface area (Å²) in [6, 6.07) is 0. The SMILES string of the molecule is COCCNCC1(O)CCC(C(=O)O)CC1. The second kappa shape index (κ2) is 6.18. The number of hydrogen-bond donors (Lipinski definition) is 3. The molecule has 0 atom stereocenters. The number of methoxy groups -OCH3 is 1. The standard InChI is InChI=1S/C11H21NO4/c1-16-7-6-12-8-11(15)4-2-9(3-5-11)10(13)14/h9,12,15H,2-8H2,1H3,(H,13,14). The van der Waals surface area contributed by atoms with Crippen LogP contribution in [0.1, 0.15) is 25.7 Å². The lowest BCUT2D eigenvalue weighted by Gasteiger charge is -2.34. The zero-order chi connectivity index (χ0) is 12.0. The van der Waals surface area contributed by atoms with Crippen molar-refractivity contribution < 1.29 is 19.7 Å². The van der Waals surface area contributed by atoms with Crippen molar-refractivity contribution in [3.05, 3.63) is 0 Å². The van der Waals surface area contributed by atoms with Crippen molar-refractivity contribution in [2.75, 3.05) is 26.8 Å². The van der Waals surface area contributed by atoms with Crippen molar-refractivity contribution in [3.63, 3.8) is 0 Å². The molecule has 1 saturated carbocycles. The maximum Gasteiger partial charge on any atom is 0.306 e. The van der Waals surface area contributed by atoms with Gasteiger partial charge in [-0.3, -0.25) is 4.79 Å². The molecule has 1 aliphatic rings. The summed E-state index contributed by atoms with van der Waals surface area (Å²) in [5.41, 5.74) is -0.736. The van der Waals surface area contributed by atoms with E-state index in [9.17, 15) is 9.90 Å². The van der Waals surface area contributed by atoms with Crippen molar-refractivity contribution in [2.24, 2.45) is 5.92 Å². The summed E-state index contributed by atoms with van der Waals surface area (Å²) in [6.07, 6.45) is 2.25. The largest absolute Gasteiger partial charge is 0.481 e. The molecule has 5 heteroatoms. The molecule has 1 rings (SSSR count). The molecule has 0 aromatic heterocycles. The molecular formula is C11H21NO4. The molecule has 0 bridgehead atoms. The Hall–Kier alpha value is -0.650. The van der Waals surface area contributed by atoms with Gasteiger partial charge in [0.2, 0.25) is 0 Å². The summed E-state index contributed by atoms with van der Waals surface area (Å²) < 4.78 is 4.89. The second-order valence-electron chi connectivity index (χ2n) is 4.51. The molecule has 5 nitrogen and oxygen atoms in total. The number of ether oxygens (including phenoxy) is 1. The normalized spacial score (nSPS) is 30.2. The molecular weight excluding hydrogens is 210 g/mol. The third kappa shape index (κ3) is 4.08. The topological polar surface area (TPSA) is 78.8 Å². The summed E-state index contributed by atoms with van der Waals surface area (Å²) in [4.78, 5) is 10.8. The molecule has 0 aliphatic heterocycles. The predicted molar refractivity (Wildman–Crippen MR) is 59.3 cm³/mol. The minimum atomic E-state index is -0.741. The van der Waals surface area contributed by atoms with Gasteiger partial charge in [0.1, 0.15) is 0 Å². The van der Waals surface area contributed by atoms with Gasteiger partial charge in [0.25, 0.3) is 0 Å². The first-order valence-electron chi connectivity index (χ1n) is 5.72. The Morgan fingerprint density at radius 2 is 2.12 bits per heavy atom. The molecule has 0 spiro atoms. The summed E-state index contributed by atoms with van der Waals surface area (Å²) in [6.45, 7) is 1.84. The van der Waals surface area contributed by atoms with Crippen LogP contribution < -0.4 is 5.32 Å². The highest BCUT2D eigenvalue weighted by atomic mass is 16.5. The minimum absolute atomic E-state index is 0.278. The molecule has 1 fully saturated rings. The number of carbonyl (C=O) groups is 1. The summed E-state index contributed by atoms with van der Waals surface area (Å²) in [5, 5.41) is 22.1. The maximum absolute atomic E-state index is 10.8. The van der Waals surface area contributed by atoms with Crippen molar-refractivity contribution in [1.29, 1.82) is 0 Å². The zero-order valence-corrected chi connectivity index (χ0v) is 9.74. The lowest BCUT2D eigenvalue weighted by molar-refractivity contribution is -0.144. The Morgan fingerprint density at radius 1 is 1.50 bits per heavy atom. The van der Waals surface area contributed by atoms with Crippen LogP contribution in [0.2, 0.25) is 0 Å². The van der Waals surface area contributed by atoms with Crippen LogP contribution >= 0.6 is 0 Å². The van der Waals surface area contributed by atoms with E-state index in [-0.39, 0.29) is 5.92 Å². The maximum atomic E-state index is 10.8. The molecule has 0 aromatic rings. The van der Waals surface area contributed by atoms with E-state index in [1.54, 1.807) is 7.11 Å². The van der Waals surface area contributed by atoms with Gasteiger partial charge in [-0.2, -0.15) is 0 Å². The van der Waals surface area contributed by atoms with Crippen LogP contribution in [0.3, 0.4) is 0 Å². The van der Waals surface area contributed by atoms with Crippen LogP contribution in [0, 0.1) is 5.92 Å². The lowest BCUT2D eigenvalue weighted by atomic mass is 9.79. The third-order valence-corrected chi connectivity index (χ3v) is 3.20. The monoisotopic (exact) mass is 231 g/mol. The van der Waals surface area contributed by atoms with Gasteiger partial charge in [-0.15, -0.1) is 0 Å². The first-order chi connectivity index (χ1) is 7.57. The number of nitrogens with one attached hydrogen (secondary N) is 1. The molecule has 16 heavy (non-hydrogen) atoms. The molecule has 0 amide bonds. The molecule has 94 valence electrons. The van der Waals surface area contributed by atoms with Gasteiger partial charge in [0, 0.05) is 20.2 Å². The van der Waals surface area contributed by atoms with Crippen LogP contribution in [0.15, 0.2) is 0 Å². The van der Waals surface area contributed by atoms with Gasteiger partial charge in [0.05, 0.1) is 18.1 Å². The van der Waals surface area contributed by atoms with Crippen LogP contribution in [0.4, 0.5) is 0 Å². The van der Waals surface area contributed by atoms with Gasteiger partial charge in [-0.05, 0) is 25.7 Å². The fraction of sp³-hybridized carbons (Fsp3) is 0.909. The molecule has 0 heterocycles. The Balaban J connectivity index is 2.24. The van der Waals surface area contributed by atoms with E-state index < -0.39 is 11.6 Å². The number of aliphatic hydroxyl groups is 1. The molecule has 0 aromatic carbocycles. The second-order valence-corrected chi connectivity index (χ2v) is 4.51. The quantitative estimate of drug-likeness (QED) is 0.570. The zero-order valence-electron chi connectivity index (χ0n) is 9.74. The highest BCUT2D eigenvalue weighted by molar-refractivity contribution is 5.70. The summed E-state index contributed by atoms with van der Waals surface area (Å²) >= 11 is 0. The van der Waals surface area contributed by atoms with Crippen molar-refractivity contribution >= 4 is 5.97 Å². The highest BCUT2D eigenvalue weighted by Gasteiger charge is 2.35. The molecule has 3 N–H and O–H groups in total. The molecule has 0 radical (unpaired) electrons. The van der Waals surface area contributed by atoms with Gasteiger partial charge in [-0.25, -0.2) is 0 Å². The molecule has 0 unspecified atom stereocenters. The summed E-state index contributed by atoms with van der Waals surface area (Å²) in [7, 11) is 1.63. The average molecular weight is 231 g/mol. The van der Waals surface area contributed by atoms with Crippen LogP contribution in [-0.4, -0.2) is 48.6 Å². The predicted octanol–water partition coefficient (Wildman–Crippen LogP) is 0.228. The lowest BCUT2D eigenvalue weighted by Crippen LogP contribution is -2.45. The van der Waals surface area contributed by atoms with Crippen molar-refractivity contribution in [1.82, 2.24) is 5.32 Å². The Bertz CT molecular complexity index is 224. The van der Waals surface area contributed by atoms with E-state index in [1.807, 2.05) is 0 Å². The van der Waals surface area contributed by atoms with Crippen molar-refractivity contribution in [3.8, 4) is 0 Å². The minimum Gasteiger partial charge on any atom is -0.481 e. The Morgan fingerprint density at radius 3 is 2.62 bits per heavy atom. The van der Waals surface area contributed by atoms with Gasteiger partial charge >= 0.3 is 5.97 Å². The number of aliphatic carboxylic acids is 1. The van der Waals surface area contributed by atoms with E-state index >= 15 is 0 Å². The molecule has 1 aliphatic carbocycles. The Labute approximate surface area is 95.8 Å². The van der Waals surface area contributed by atoms with Crippen LogP contribution in [0.25, 0.3) is 0 Å². The Kier molecular flexibility index (Phi) is 5.18. The van der Waals surface area contributed by atoms with Crippen LogP contribution in [-0.2, 0) is 9.53 Å². The van der Waals surface area contributed by atoms with E-state index in [0.29, 0.717) is 45.4 Å². The summed E-state index contributed by atoms with van der Waals surface area (Å²) in [5.74, 6) is -1.02. The first kappa shape index (κ1) is 13.4. The number of rotatable bonds is 6. The fourth-order valence-electron chi connectivity index (χ4n) is 2.07. The van der Waals surface area contributed by atoms with Crippen molar-refractivity contribution in [2.45, 2.75) is 31.3 Å². The molecule has 0 saturated heterocycles. The van der Waals surface area contributed by atoms with E-state index in [2.05, 4.69) is 5.32 Å². The van der Waals surface area contributed by atoms with E-state index in [1.165, 1.54) is 0 Å². The first-order valence-corrected chi connectivity index (χ1v) is 5.72. The van der Waals surface area contributed by atoms with E-state index in [4.69, 9.17) is 9.84 Å². The van der Waals surface area contributed by atoms with Gasteiger partial charge < -0.3 is 20.3 Å².